The molecule has 0 N–H and O–H groups in total. The van der Waals surface area contributed by atoms with E-state index in [0.717, 1.165) is 64.5 Å². The Hall–Kier alpha value is -4.26. The van der Waals surface area contributed by atoms with Gasteiger partial charge in [-0.2, -0.15) is 0 Å². The zero-order valence-electron chi connectivity index (χ0n) is 35.0. The van der Waals surface area contributed by atoms with Gasteiger partial charge in [0.1, 0.15) is 12.2 Å². The highest BCUT2D eigenvalue weighted by atomic mass is 16.5. The first-order valence-corrected chi connectivity index (χ1v) is 21.3. The van der Waals surface area contributed by atoms with Crippen molar-refractivity contribution in [2.24, 2.45) is 0 Å². The van der Waals surface area contributed by atoms with Crippen LogP contribution in [-0.2, 0) is 32.2 Å². The molecule has 6 nitrogen and oxygen atoms in total. The van der Waals surface area contributed by atoms with Crippen molar-refractivity contribution < 1.29 is 19.1 Å². The van der Waals surface area contributed by atoms with Gasteiger partial charge in [0.05, 0.1) is 12.8 Å². The van der Waals surface area contributed by atoms with Crippen LogP contribution in [-0.4, -0.2) is 46.0 Å². The predicted octanol–water partition coefficient (Wildman–Crippen LogP) is 12.1. The number of nitrogens with zero attached hydrogens (tertiary/aromatic N) is 2. The van der Waals surface area contributed by atoms with Crippen molar-refractivity contribution in [3.63, 3.8) is 0 Å². The smallest absolute Gasteiger partial charge is 0.307 e. The number of carbonyl (C=O) groups is 2. The van der Waals surface area contributed by atoms with Gasteiger partial charge >= 0.3 is 11.9 Å². The molecule has 302 valence electrons. The van der Waals surface area contributed by atoms with Gasteiger partial charge in [-0.3, -0.25) is 19.4 Å². The third kappa shape index (κ3) is 14.4. The lowest BCUT2D eigenvalue weighted by Gasteiger charge is -2.38. The summed E-state index contributed by atoms with van der Waals surface area (Å²) in [5, 5.41) is 0. The van der Waals surface area contributed by atoms with E-state index in [1.54, 1.807) is 0 Å². The second-order valence-corrected chi connectivity index (χ2v) is 15.3. The highest BCUT2D eigenvalue weighted by molar-refractivity contribution is 5.70. The molecule has 0 aliphatic heterocycles. The molecule has 0 spiro atoms. The third-order valence-corrected chi connectivity index (χ3v) is 11.5. The average Bonchev–Trinajstić information content (AvgIpc) is 3.24. The van der Waals surface area contributed by atoms with Crippen molar-refractivity contribution in [3.8, 4) is 0 Å². The van der Waals surface area contributed by atoms with Crippen LogP contribution < -0.4 is 0 Å². The summed E-state index contributed by atoms with van der Waals surface area (Å²) in [6, 6.07) is 42.5. The fourth-order valence-corrected chi connectivity index (χ4v) is 7.89. The van der Waals surface area contributed by atoms with E-state index in [9.17, 15) is 9.59 Å². The average molecular weight is 761 g/mol. The quantitative estimate of drug-likeness (QED) is 0.0495. The van der Waals surface area contributed by atoms with Gasteiger partial charge < -0.3 is 9.47 Å². The van der Waals surface area contributed by atoms with E-state index in [-0.39, 0.29) is 48.3 Å². The van der Waals surface area contributed by atoms with Crippen LogP contribution in [0.2, 0.25) is 0 Å². The fraction of sp³-hybridized carbons (Fsp3) is 0.480. The molecule has 4 atom stereocenters. The highest BCUT2D eigenvalue weighted by Gasteiger charge is 2.31. The number of carbonyl (C=O) groups excluding carboxylic acids is 2. The minimum Gasteiger partial charge on any atom is -0.462 e. The number of hydrogen-bond donors (Lipinski definition) is 0. The van der Waals surface area contributed by atoms with Crippen LogP contribution in [0.5, 0.6) is 0 Å². The molecule has 6 heteroatoms. The summed E-state index contributed by atoms with van der Waals surface area (Å²) in [7, 11) is 0. The van der Waals surface area contributed by atoms with Crippen molar-refractivity contribution in [1.29, 1.82) is 0 Å². The molecule has 0 amide bonds. The third-order valence-electron chi connectivity index (χ3n) is 11.5. The minimum atomic E-state index is -0.130. The molecule has 0 aliphatic carbocycles. The number of benzene rings is 4. The topological polar surface area (TPSA) is 59.1 Å². The maximum absolute atomic E-state index is 13.7. The highest BCUT2D eigenvalue weighted by Crippen LogP contribution is 2.32. The Morgan fingerprint density at radius 3 is 1.09 bits per heavy atom. The molecule has 0 aliphatic rings. The molecular weight excluding hydrogens is 693 g/mol. The second-order valence-electron chi connectivity index (χ2n) is 15.3. The monoisotopic (exact) mass is 761 g/mol. The summed E-state index contributed by atoms with van der Waals surface area (Å²) in [5.74, 6) is -0.260. The van der Waals surface area contributed by atoms with E-state index in [2.05, 4.69) is 173 Å². The van der Waals surface area contributed by atoms with Crippen LogP contribution in [0, 0.1) is 0 Å². The Bertz CT molecular complexity index is 1520. The summed E-state index contributed by atoms with van der Waals surface area (Å²) >= 11 is 0. The molecule has 0 fully saturated rings. The first-order valence-electron chi connectivity index (χ1n) is 21.3. The lowest BCUT2D eigenvalue weighted by molar-refractivity contribution is -0.152. The number of hydrogen-bond acceptors (Lipinski definition) is 6. The van der Waals surface area contributed by atoms with Gasteiger partial charge in [0, 0.05) is 37.3 Å². The standard InChI is InChI=1S/C50H68N2O4/c1-7-47(8-2)55-49(53)35-45(51(37-41-25-15-11-16-26-41)39(5)43-29-19-13-20-30-43)33-23-24-34-46(36-50(54)56-48(9-3)10-4)52(38-42-27-17-12-18-28-42)40(6)44-31-21-14-22-32-44/h11-22,25-32,39-40,45-48H,7-10,23-24,33-38H2,1-6H3/t39-,40-,45-,46-/m1/s1. The summed E-state index contributed by atoms with van der Waals surface area (Å²) in [6.07, 6.45) is 7.24. The molecule has 4 rings (SSSR count). The van der Waals surface area contributed by atoms with Crippen molar-refractivity contribution in [2.45, 2.75) is 155 Å². The summed E-state index contributed by atoms with van der Waals surface area (Å²) < 4.78 is 12.1. The SMILES string of the molecule is CCC(CC)OC(=O)C[C@@H](CCCC[C@H](CC(=O)OC(CC)CC)N(Cc1ccccc1)[C@H](C)c1ccccc1)N(Cc1ccccc1)[C@H](C)c1ccccc1. The van der Waals surface area contributed by atoms with Crippen molar-refractivity contribution >= 4 is 11.9 Å². The van der Waals surface area contributed by atoms with E-state index in [1.807, 2.05) is 0 Å². The molecule has 0 radical (unpaired) electrons. The van der Waals surface area contributed by atoms with Crippen molar-refractivity contribution in [1.82, 2.24) is 9.80 Å². The van der Waals surface area contributed by atoms with Crippen LogP contribution in [0.15, 0.2) is 121 Å². The normalized spacial score (nSPS) is 13.8. The largest absolute Gasteiger partial charge is 0.462 e. The molecule has 4 aromatic rings. The first kappa shape index (κ1) is 44.5. The Morgan fingerprint density at radius 1 is 0.482 bits per heavy atom. The van der Waals surface area contributed by atoms with Crippen LogP contribution >= 0.6 is 0 Å². The molecule has 0 saturated heterocycles. The van der Waals surface area contributed by atoms with E-state index in [4.69, 9.17) is 9.47 Å². The van der Waals surface area contributed by atoms with Crippen molar-refractivity contribution in [2.75, 3.05) is 0 Å². The maximum Gasteiger partial charge on any atom is 0.307 e. The zero-order chi connectivity index (χ0) is 40.1. The Morgan fingerprint density at radius 2 is 0.786 bits per heavy atom. The maximum atomic E-state index is 13.7. The van der Waals surface area contributed by atoms with Crippen LogP contribution in [0.25, 0.3) is 0 Å². The number of ether oxygens (including phenoxy) is 2. The van der Waals surface area contributed by atoms with Crippen LogP contribution in [0.4, 0.5) is 0 Å². The molecule has 0 saturated carbocycles. The van der Waals surface area contributed by atoms with Gasteiger partial charge in [0.25, 0.3) is 0 Å². The van der Waals surface area contributed by atoms with Gasteiger partial charge in [-0.15, -0.1) is 0 Å². The summed E-state index contributed by atoms with van der Waals surface area (Å²) in [6.45, 7) is 14.3. The minimum absolute atomic E-state index is 0.0331. The molecule has 0 heterocycles. The van der Waals surface area contributed by atoms with E-state index in [1.165, 1.54) is 22.3 Å². The zero-order valence-corrected chi connectivity index (χ0v) is 35.0. The van der Waals surface area contributed by atoms with Gasteiger partial charge in [0.2, 0.25) is 0 Å². The summed E-state index contributed by atoms with van der Waals surface area (Å²) in [5.41, 5.74) is 4.89. The van der Waals surface area contributed by atoms with Gasteiger partial charge in [-0.25, -0.2) is 0 Å². The Labute approximate surface area is 338 Å². The molecule has 0 bridgehead atoms. The number of rotatable bonds is 25. The van der Waals surface area contributed by atoms with Crippen LogP contribution in [0.3, 0.4) is 0 Å². The van der Waals surface area contributed by atoms with Crippen LogP contribution in [0.1, 0.15) is 140 Å². The van der Waals surface area contributed by atoms with E-state index >= 15 is 0 Å². The molecule has 0 aromatic heterocycles. The van der Waals surface area contributed by atoms with E-state index < -0.39 is 0 Å². The fourth-order valence-electron chi connectivity index (χ4n) is 7.89. The van der Waals surface area contributed by atoms with Crippen molar-refractivity contribution in [3.05, 3.63) is 144 Å². The second kappa shape index (κ2) is 24.4. The van der Waals surface area contributed by atoms with Gasteiger partial charge in [-0.05, 0) is 74.6 Å². The predicted molar refractivity (Wildman–Crippen MR) is 230 cm³/mol. The first-order chi connectivity index (χ1) is 27.3. The Kier molecular flexibility index (Phi) is 19.4. The molecule has 56 heavy (non-hydrogen) atoms. The number of unbranched alkanes of at least 4 members (excludes halogenated alkanes) is 1. The van der Waals surface area contributed by atoms with Gasteiger partial charge in [0.15, 0.2) is 0 Å². The summed E-state index contributed by atoms with van der Waals surface area (Å²) in [4.78, 5) is 32.3. The molecule has 4 aromatic carbocycles. The molecule has 0 unspecified atom stereocenters. The number of esters is 2. The molecular formula is C50H68N2O4. The lowest BCUT2D eigenvalue weighted by atomic mass is 9.95. The lowest BCUT2D eigenvalue weighted by Crippen LogP contribution is -2.40. The Balaban J connectivity index is 1.62. The van der Waals surface area contributed by atoms with E-state index in [0.29, 0.717) is 12.8 Å². The van der Waals surface area contributed by atoms with Gasteiger partial charge in [-0.1, -0.05) is 162 Å².